The van der Waals surface area contributed by atoms with Crippen LogP contribution in [0.1, 0.15) is 0 Å². The summed E-state index contributed by atoms with van der Waals surface area (Å²) in [6.45, 7) is 0. The van der Waals surface area contributed by atoms with Gasteiger partial charge in [-0.2, -0.15) is 0 Å². The Balaban J connectivity index is 2.55. The van der Waals surface area contributed by atoms with E-state index in [4.69, 9.17) is 23.2 Å². The van der Waals surface area contributed by atoms with Crippen molar-refractivity contribution in [3.8, 4) is 11.3 Å². The first-order valence-corrected chi connectivity index (χ1v) is 4.61. The van der Waals surface area contributed by atoms with Crippen molar-refractivity contribution in [2.45, 2.75) is 0 Å². The molecule has 0 atom stereocenters. The number of hydrogen-bond acceptors (Lipinski definition) is 3. The van der Waals surface area contributed by atoms with Crippen LogP contribution in [0.2, 0.25) is 10.3 Å². The summed E-state index contributed by atoms with van der Waals surface area (Å²) in [5, 5.41) is 0.789. The van der Waals surface area contributed by atoms with E-state index in [2.05, 4.69) is 15.0 Å². The SMILES string of the molecule is Clc1cc(-c2cccnc2Cl)ncn1. The van der Waals surface area contributed by atoms with Gasteiger partial charge in [-0.3, -0.25) is 0 Å². The number of nitrogens with zero attached hydrogens (tertiary/aromatic N) is 3. The number of hydrogen-bond donors (Lipinski definition) is 0. The van der Waals surface area contributed by atoms with Crippen molar-refractivity contribution in [3.05, 3.63) is 41.0 Å². The average Bonchev–Trinajstić information content (AvgIpc) is 2.18. The second kappa shape index (κ2) is 3.90. The van der Waals surface area contributed by atoms with E-state index in [0.29, 0.717) is 16.0 Å². The van der Waals surface area contributed by atoms with Crippen LogP contribution >= 0.6 is 23.2 Å². The summed E-state index contributed by atoms with van der Waals surface area (Å²) >= 11 is 11.6. The molecule has 5 heteroatoms. The van der Waals surface area contributed by atoms with Crippen LogP contribution in [-0.2, 0) is 0 Å². The summed E-state index contributed by atoms with van der Waals surface area (Å²) in [7, 11) is 0. The summed E-state index contributed by atoms with van der Waals surface area (Å²) in [6, 6.07) is 5.26. The molecule has 2 rings (SSSR count). The molecule has 0 unspecified atom stereocenters. The molecule has 2 aromatic rings. The van der Waals surface area contributed by atoms with Crippen molar-refractivity contribution in [1.82, 2.24) is 15.0 Å². The lowest BCUT2D eigenvalue weighted by Crippen LogP contribution is -1.87. The minimum atomic E-state index is 0.384. The standard InChI is InChI=1S/C9H5Cl2N3/c10-8-4-7(13-5-14-8)6-2-1-3-12-9(6)11/h1-5H. The monoisotopic (exact) mass is 225 g/mol. The van der Waals surface area contributed by atoms with Gasteiger partial charge in [0, 0.05) is 17.8 Å². The van der Waals surface area contributed by atoms with Gasteiger partial charge >= 0.3 is 0 Å². The summed E-state index contributed by atoms with van der Waals surface area (Å²) in [5.74, 6) is 0. The number of halogens is 2. The second-order valence-electron chi connectivity index (χ2n) is 2.57. The van der Waals surface area contributed by atoms with Crippen molar-refractivity contribution in [3.63, 3.8) is 0 Å². The molecule has 0 fully saturated rings. The average molecular weight is 226 g/mol. The zero-order chi connectivity index (χ0) is 9.97. The summed E-state index contributed by atoms with van der Waals surface area (Å²) in [4.78, 5) is 11.8. The Bertz CT molecular complexity index is 459. The molecule has 0 bridgehead atoms. The van der Waals surface area contributed by atoms with Crippen LogP contribution in [0.3, 0.4) is 0 Å². The van der Waals surface area contributed by atoms with Crippen molar-refractivity contribution in [1.29, 1.82) is 0 Å². The molecular weight excluding hydrogens is 221 g/mol. The number of aromatic nitrogens is 3. The minimum Gasteiger partial charge on any atom is -0.244 e. The lowest BCUT2D eigenvalue weighted by atomic mass is 10.2. The molecule has 0 amide bonds. The highest BCUT2D eigenvalue weighted by Crippen LogP contribution is 2.24. The van der Waals surface area contributed by atoms with E-state index in [1.54, 1.807) is 18.3 Å². The normalized spacial score (nSPS) is 10.1. The van der Waals surface area contributed by atoms with Crippen LogP contribution in [0.15, 0.2) is 30.7 Å². The van der Waals surface area contributed by atoms with Gasteiger partial charge in [0.2, 0.25) is 0 Å². The summed E-state index contributed by atoms with van der Waals surface area (Å²) < 4.78 is 0. The van der Waals surface area contributed by atoms with Crippen LogP contribution in [0, 0.1) is 0 Å². The molecule has 0 aromatic carbocycles. The second-order valence-corrected chi connectivity index (χ2v) is 3.31. The fourth-order valence-electron chi connectivity index (χ4n) is 1.06. The number of rotatable bonds is 1. The van der Waals surface area contributed by atoms with Crippen molar-refractivity contribution in [2.24, 2.45) is 0 Å². The zero-order valence-electron chi connectivity index (χ0n) is 6.98. The predicted octanol–water partition coefficient (Wildman–Crippen LogP) is 2.85. The molecule has 0 N–H and O–H groups in total. The van der Waals surface area contributed by atoms with Gasteiger partial charge in [-0.15, -0.1) is 0 Å². The Kier molecular flexibility index (Phi) is 2.61. The Morgan fingerprint density at radius 1 is 1.07 bits per heavy atom. The van der Waals surface area contributed by atoms with Gasteiger partial charge in [0.25, 0.3) is 0 Å². The zero-order valence-corrected chi connectivity index (χ0v) is 8.50. The molecular formula is C9H5Cl2N3. The van der Waals surface area contributed by atoms with Crippen LogP contribution in [0.5, 0.6) is 0 Å². The lowest BCUT2D eigenvalue weighted by molar-refractivity contribution is 1.17. The molecule has 2 aromatic heterocycles. The Labute approximate surface area is 90.8 Å². The van der Waals surface area contributed by atoms with E-state index in [0.717, 1.165) is 5.56 Å². The first kappa shape index (κ1) is 9.37. The van der Waals surface area contributed by atoms with Crippen molar-refractivity contribution < 1.29 is 0 Å². The summed E-state index contributed by atoms with van der Waals surface area (Å²) in [5.41, 5.74) is 1.42. The van der Waals surface area contributed by atoms with Gasteiger partial charge in [0.15, 0.2) is 0 Å². The van der Waals surface area contributed by atoms with Crippen LogP contribution < -0.4 is 0 Å². The van der Waals surface area contributed by atoms with Crippen LogP contribution in [0.4, 0.5) is 0 Å². The highest BCUT2D eigenvalue weighted by molar-refractivity contribution is 6.32. The largest absolute Gasteiger partial charge is 0.244 e. The molecule has 0 saturated carbocycles. The molecule has 0 aliphatic heterocycles. The smallest absolute Gasteiger partial charge is 0.138 e. The predicted molar refractivity (Wildman–Crippen MR) is 55.3 cm³/mol. The third-order valence-corrected chi connectivity index (χ3v) is 2.18. The summed E-state index contributed by atoms with van der Waals surface area (Å²) in [6.07, 6.45) is 3.01. The fraction of sp³-hybridized carbons (Fsp3) is 0. The van der Waals surface area contributed by atoms with E-state index in [9.17, 15) is 0 Å². The Morgan fingerprint density at radius 3 is 2.64 bits per heavy atom. The molecule has 0 aliphatic carbocycles. The van der Waals surface area contributed by atoms with E-state index in [1.807, 2.05) is 6.07 Å². The molecule has 70 valence electrons. The van der Waals surface area contributed by atoms with E-state index >= 15 is 0 Å². The van der Waals surface area contributed by atoms with E-state index in [1.165, 1.54) is 6.33 Å². The van der Waals surface area contributed by atoms with Gasteiger partial charge < -0.3 is 0 Å². The maximum atomic E-state index is 5.90. The molecule has 0 radical (unpaired) electrons. The maximum Gasteiger partial charge on any atom is 0.138 e. The van der Waals surface area contributed by atoms with Gasteiger partial charge in [0.1, 0.15) is 16.6 Å². The molecule has 0 saturated heterocycles. The van der Waals surface area contributed by atoms with Gasteiger partial charge in [-0.25, -0.2) is 15.0 Å². The molecule has 2 heterocycles. The maximum absolute atomic E-state index is 5.90. The van der Waals surface area contributed by atoms with E-state index < -0.39 is 0 Å². The Morgan fingerprint density at radius 2 is 1.93 bits per heavy atom. The van der Waals surface area contributed by atoms with E-state index in [-0.39, 0.29) is 0 Å². The molecule has 0 aliphatic rings. The van der Waals surface area contributed by atoms with Crippen molar-refractivity contribution >= 4 is 23.2 Å². The molecule has 14 heavy (non-hydrogen) atoms. The quantitative estimate of drug-likeness (QED) is 0.554. The van der Waals surface area contributed by atoms with Gasteiger partial charge in [-0.05, 0) is 12.1 Å². The highest BCUT2D eigenvalue weighted by atomic mass is 35.5. The number of pyridine rings is 1. The fourth-order valence-corrected chi connectivity index (χ4v) is 1.42. The first-order valence-electron chi connectivity index (χ1n) is 3.86. The first-order chi connectivity index (χ1) is 6.77. The third kappa shape index (κ3) is 1.84. The highest BCUT2D eigenvalue weighted by Gasteiger charge is 2.05. The lowest BCUT2D eigenvalue weighted by Gasteiger charge is -2.01. The minimum absolute atomic E-state index is 0.384. The van der Waals surface area contributed by atoms with Crippen molar-refractivity contribution in [2.75, 3.05) is 0 Å². The van der Waals surface area contributed by atoms with Crippen LogP contribution in [0.25, 0.3) is 11.3 Å². The molecule has 3 nitrogen and oxygen atoms in total. The van der Waals surface area contributed by atoms with Crippen LogP contribution in [-0.4, -0.2) is 15.0 Å². The molecule has 0 spiro atoms. The van der Waals surface area contributed by atoms with Gasteiger partial charge in [-0.1, -0.05) is 23.2 Å². The Hall–Kier alpha value is -1.19. The topological polar surface area (TPSA) is 38.7 Å². The third-order valence-electron chi connectivity index (χ3n) is 1.67. The van der Waals surface area contributed by atoms with Gasteiger partial charge in [0.05, 0.1) is 5.69 Å².